The van der Waals surface area contributed by atoms with Gasteiger partial charge < -0.3 is 9.64 Å². The number of alkyl halides is 3. The molecule has 18 heavy (non-hydrogen) atoms. The van der Waals surface area contributed by atoms with Gasteiger partial charge in [0.15, 0.2) is 0 Å². The van der Waals surface area contributed by atoms with Gasteiger partial charge in [-0.1, -0.05) is 12.1 Å². The van der Waals surface area contributed by atoms with Gasteiger partial charge in [0.2, 0.25) is 0 Å². The summed E-state index contributed by atoms with van der Waals surface area (Å²) in [6.45, 7) is 0.833. The van der Waals surface area contributed by atoms with Crippen LogP contribution in [0.2, 0.25) is 0 Å². The SMILES string of the molecule is COc1c(CCCN(C)C)cccc1C(F)(F)F. The molecule has 0 unspecified atom stereocenters. The Hall–Kier alpha value is -1.23. The molecule has 102 valence electrons. The Balaban J connectivity index is 2.91. The number of benzene rings is 1. The number of para-hydroxylation sites is 1. The number of rotatable bonds is 5. The minimum absolute atomic E-state index is 0.0521. The molecular formula is C13H18F3NO. The minimum Gasteiger partial charge on any atom is -0.496 e. The lowest BCUT2D eigenvalue weighted by molar-refractivity contribution is -0.138. The van der Waals surface area contributed by atoms with Gasteiger partial charge >= 0.3 is 6.18 Å². The molecule has 1 rings (SSSR count). The van der Waals surface area contributed by atoms with Crippen LogP contribution in [0.3, 0.4) is 0 Å². The molecule has 0 saturated carbocycles. The van der Waals surface area contributed by atoms with E-state index in [1.54, 1.807) is 6.07 Å². The molecule has 0 saturated heterocycles. The summed E-state index contributed by atoms with van der Waals surface area (Å²) in [5.74, 6) is -0.0521. The van der Waals surface area contributed by atoms with E-state index in [1.807, 2.05) is 19.0 Å². The number of nitrogens with zero attached hydrogens (tertiary/aromatic N) is 1. The van der Waals surface area contributed by atoms with Crippen LogP contribution in [0.4, 0.5) is 13.2 Å². The van der Waals surface area contributed by atoms with Gasteiger partial charge in [-0.05, 0) is 45.1 Å². The standard InChI is InChI=1S/C13H18F3NO/c1-17(2)9-5-7-10-6-4-8-11(12(10)18-3)13(14,15)16/h4,6,8H,5,7,9H2,1-3H3. The average molecular weight is 261 g/mol. The molecule has 0 atom stereocenters. The van der Waals surface area contributed by atoms with Crippen molar-refractivity contribution in [3.8, 4) is 5.75 Å². The van der Waals surface area contributed by atoms with Crippen molar-refractivity contribution in [3.63, 3.8) is 0 Å². The maximum absolute atomic E-state index is 12.8. The fourth-order valence-electron chi connectivity index (χ4n) is 1.83. The third-order valence-electron chi connectivity index (χ3n) is 2.66. The topological polar surface area (TPSA) is 12.5 Å². The number of hydrogen-bond donors (Lipinski definition) is 0. The van der Waals surface area contributed by atoms with Crippen LogP contribution in [0.5, 0.6) is 5.75 Å². The van der Waals surface area contributed by atoms with Crippen molar-refractivity contribution in [2.45, 2.75) is 19.0 Å². The van der Waals surface area contributed by atoms with Crippen LogP contribution < -0.4 is 4.74 Å². The Bertz CT molecular complexity index is 388. The second-order valence-corrected chi connectivity index (χ2v) is 4.40. The van der Waals surface area contributed by atoms with Gasteiger partial charge in [0.1, 0.15) is 5.75 Å². The summed E-state index contributed by atoms with van der Waals surface area (Å²) in [6, 6.07) is 4.16. The minimum atomic E-state index is -4.37. The zero-order valence-corrected chi connectivity index (χ0v) is 10.8. The predicted molar refractivity (Wildman–Crippen MR) is 64.9 cm³/mol. The molecule has 0 heterocycles. The molecular weight excluding hydrogens is 243 g/mol. The number of hydrogen-bond acceptors (Lipinski definition) is 2. The zero-order chi connectivity index (χ0) is 13.8. The molecule has 0 aromatic heterocycles. The molecule has 0 aliphatic rings. The van der Waals surface area contributed by atoms with E-state index < -0.39 is 11.7 Å². The molecule has 0 aliphatic carbocycles. The van der Waals surface area contributed by atoms with Crippen molar-refractivity contribution in [2.24, 2.45) is 0 Å². The molecule has 0 radical (unpaired) electrons. The van der Waals surface area contributed by atoms with Crippen molar-refractivity contribution in [1.82, 2.24) is 4.90 Å². The largest absolute Gasteiger partial charge is 0.496 e. The van der Waals surface area contributed by atoms with E-state index in [9.17, 15) is 13.2 Å². The van der Waals surface area contributed by atoms with Gasteiger partial charge in [0.05, 0.1) is 12.7 Å². The van der Waals surface area contributed by atoms with Crippen LogP contribution in [0.1, 0.15) is 17.5 Å². The van der Waals surface area contributed by atoms with Crippen molar-refractivity contribution in [3.05, 3.63) is 29.3 Å². The van der Waals surface area contributed by atoms with Gasteiger partial charge in [-0.25, -0.2) is 0 Å². The molecule has 0 amide bonds. The van der Waals surface area contributed by atoms with Gasteiger partial charge in [0.25, 0.3) is 0 Å². The van der Waals surface area contributed by atoms with Gasteiger partial charge in [0, 0.05) is 0 Å². The number of ether oxygens (including phenoxy) is 1. The lowest BCUT2D eigenvalue weighted by atomic mass is 10.0. The summed E-state index contributed by atoms with van der Waals surface area (Å²) in [5, 5.41) is 0. The third-order valence-corrected chi connectivity index (χ3v) is 2.66. The molecule has 0 fully saturated rings. The zero-order valence-electron chi connectivity index (χ0n) is 10.8. The molecule has 5 heteroatoms. The smallest absolute Gasteiger partial charge is 0.419 e. The highest BCUT2D eigenvalue weighted by Gasteiger charge is 2.34. The van der Waals surface area contributed by atoms with Crippen LogP contribution in [-0.4, -0.2) is 32.6 Å². The lowest BCUT2D eigenvalue weighted by Gasteiger charge is -2.16. The Morgan fingerprint density at radius 3 is 2.39 bits per heavy atom. The number of aryl methyl sites for hydroxylation is 1. The highest BCUT2D eigenvalue weighted by Crippen LogP contribution is 2.38. The predicted octanol–water partition coefficient (Wildman–Crippen LogP) is 3.21. The average Bonchev–Trinajstić information content (AvgIpc) is 2.27. The Labute approximate surface area is 105 Å². The summed E-state index contributed by atoms with van der Waals surface area (Å²) >= 11 is 0. The van der Waals surface area contributed by atoms with E-state index in [4.69, 9.17) is 4.74 Å². The first-order valence-electron chi connectivity index (χ1n) is 5.74. The summed E-state index contributed by atoms with van der Waals surface area (Å²) in [5.41, 5.74) is -0.0958. The first kappa shape index (κ1) is 14.8. The van der Waals surface area contributed by atoms with Crippen LogP contribution >= 0.6 is 0 Å². The maximum Gasteiger partial charge on any atom is 0.419 e. The molecule has 2 nitrogen and oxygen atoms in total. The Morgan fingerprint density at radius 2 is 1.89 bits per heavy atom. The van der Waals surface area contributed by atoms with Gasteiger partial charge in [-0.2, -0.15) is 13.2 Å². The van der Waals surface area contributed by atoms with E-state index in [2.05, 4.69) is 0 Å². The highest BCUT2D eigenvalue weighted by molar-refractivity contribution is 5.43. The fraction of sp³-hybridized carbons (Fsp3) is 0.538. The van der Waals surface area contributed by atoms with Gasteiger partial charge in [-0.15, -0.1) is 0 Å². The van der Waals surface area contributed by atoms with Crippen molar-refractivity contribution < 1.29 is 17.9 Å². The van der Waals surface area contributed by atoms with Crippen LogP contribution in [0.15, 0.2) is 18.2 Å². The van der Waals surface area contributed by atoms with Crippen LogP contribution in [-0.2, 0) is 12.6 Å². The van der Waals surface area contributed by atoms with Crippen molar-refractivity contribution in [2.75, 3.05) is 27.7 Å². The number of methoxy groups -OCH3 is 1. The van der Waals surface area contributed by atoms with Crippen LogP contribution in [0, 0.1) is 0 Å². The van der Waals surface area contributed by atoms with E-state index in [-0.39, 0.29) is 5.75 Å². The first-order valence-corrected chi connectivity index (χ1v) is 5.74. The van der Waals surface area contributed by atoms with E-state index >= 15 is 0 Å². The summed E-state index contributed by atoms with van der Waals surface area (Å²) in [6.07, 6.45) is -3.00. The normalized spacial score (nSPS) is 11.9. The fourth-order valence-corrected chi connectivity index (χ4v) is 1.83. The lowest BCUT2D eigenvalue weighted by Crippen LogP contribution is -2.14. The molecule has 1 aromatic rings. The second kappa shape index (κ2) is 6.09. The molecule has 0 bridgehead atoms. The molecule has 0 N–H and O–H groups in total. The van der Waals surface area contributed by atoms with E-state index in [0.29, 0.717) is 12.0 Å². The van der Waals surface area contributed by atoms with Crippen molar-refractivity contribution >= 4 is 0 Å². The number of halogens is 3. The third kappa shape index (κ3) is 3.91. The summed E-state index contributed by atoms with van der Waals surface area (Å²) in [7, 11) is 5.15. The van der Waals surface area contributed by atoms with E-state index in [0.717, 1.165) is 19.0 Å². The Morgan fingerprint density at radius 1 is 1.22 bits per heavy atom. The van der Waals surface area contributed by atoms with Crippen molar-refractivity contribution in [1.29, 1.82) is 0 Å². The first-order chi connectivity index (χ1) is 8.36. The maximum atomic E-state index is 12.8. The summed E-state index contributed by atoms with van der Waals surface area (Å²) < 4.78 is 43.3. The quantitative estimate of drug-likeness (QED) is 0.807. The van der Waals surface area contributed by atoms with Crippen LogP contribution in [0.25, 0.3) is 0 Å². The second-order valence-electron chi connectivity index (χ2n) is 4.40. The molecule has 1 aromatic carbocycles. The molecule has 0 aliphatic heterocycles. The monoisotopic (exact) mass is 261 g/mol. The molecule has 0 spiro atoms. The Kier molecular flexibility index (Phi) is 5.02. The van der Waals surface area contributed by atoms with Gasteiger partial charge in [-0.3, -0.25) is 0 Å². The highest BCUT2D eigenvalue weighted by atomic mass is 19.4. The summed E-state index contributed by atoms with van der Waals surface area (Å²) in [4.78, 5) is 2.00. The van der Waals surface area contributed by atoms with E-state index in [1.165, 1.54) is 13.2 Å².